The van der Waals surface area contributed by atoms with Crippen LogP contribution < -0.4 is 10.6 Å². The largest absolute Gasteiger partial charge is 0.481 e. The lowest BCUT2D eigenvalue weighted by atomic mass is 10.0. The summed E-state index contributed by atoms with van der Waals surface area (Å²) < 4.78 is 1.08. The number of aliphatic carboxylic acids is 1. The van der Waals surface area contributed by atoms with Crippen LogP contribution in [0.15, 0.2) is 24.3 Å². The Kier molecular flexibility index (Phi) is 5.39. The van der Waals surface area contributed by atoms with Crippen molar-refractivity contribution >= 4 is 40.3 Å². The van der Waals surface area contributed by atoms with E-state index in [1.165, 1.54) is 0 Å². The third kappa shape index (κ3) is 4.52. The molecule has 2 atom stereocenters. The van der Waals surface area contributed by atoms with Crippen LogP contribution in [0.2, 0.25) is 0 Å². The summed E-state index contributed by atoms with van der Waals surface area (Å²) in [4.78, 5) is 22.4. The van der Waals surface area contributed by atoms with Crippen LogP contribution in [0.5, 0.6) is 0 Å². The standard InChI is InChI=1S/C12H15IN2O3/c1-7(11(16)17)8(2)14-12(18)15-10-5-3-9(13)4-6-10/h3-8H,1-2H3,(H,16,17)(H2,14,15,18). The Balaban J connectivity index is 2.51. The maximum atomic E-state index is 11.6. The van der Waals surface area contributed by atoms with Gasteiger partial charge in [0.15, 0.2) is 0 Å². The highest BCUT2D eigenvalue weighted by Crippen LogP contribution is 2.11. The van der Waals surface area contributed by atoms with Crippen LogP contribution in [0, 0.1) is 9.49 Å². The van der Waals surface area contributed by atoms with Gasteiger partial charge in [-0.05, 0) is 60.7 Å². The van der Waals surface area contributed by atoms with Gasteiger partial charge in [-0.25, -0.2) is 4.79 Å². The van der Waals surface area contributed by atoms with E-state index in [-0.39, 0.29) is 0 Å². The van der Waals surface area contributed by atoms with Crippen LogP contribution in [0.1, 0.15) is 13.8 Å². The van der Waals surface area contributed by atoms with Crippen LogP contribution >= 0.6 is 22.6 Å². The molecule has 2 amide bonds. The fourth-order valence-electron chi connectivity index (χ4n) is 1.25. The first-order valence-electron chi connectivity index (χ1n) is 5.46. The van der Waals surface area contributed by atoms with Gasteiger partial charge in [0, 0.05) is 15.3 Å². The van der Waals surface area contributed by atoms with Crippen LogP contribution in [-0.2, 0) is 4.79 Å². The molecule has 6 heteroatoms. The van der Waals surface area contributed by atoms with Crippen molar-refractivity contribution in [3.8, 4) is 0 Å². The molecule has 0 aliphatic carbocycles. The predicted molar refractivity (Wildman–Crippen MR) is 77.6 cm³/mol. The summed E-state index contributed by atoms with van der Waals surface area (Å²) in [7, 11) is 0. The number of benzene rings is 1. The van der Waals surface area contributed by atoms with E-state index in [0.29, 0.717) is 5.69 Å². The third-order valence-electron chi connectivity index (χ3n) is 2.60. The SMILES string of the molecule is CC(NC(=O)Nc1ccc(I)cc1)C(C)C(=O)O. The minimum Gasteiger partial charge on any atom is -0.481 e. The molecule has 0 saturated carbocycles. The summed E-state index contributed by atoms with van der Waals surface area (Å²) in [6.45, 7) is 3.21. The van der Waals surface area contributed by atoms with Gasteiger partial charge in [0.2, 0.25) is 0 Å². The molecule has 0 aliphatic rings. The normalized spacial score (nSPS) is 13.5. The number of halogens is 1. The molecule has 98 valence electrons. The Bertz CT molecular complexity index is 433. The number of carbonyl (C=O) groups excluding carboxylic acids is 1. The highest BCUT2D eigenvalue weighted by atomic mass is 127. The van der Waals surface area contributed by atoms with Gasteiger partial charge in [0.25, 0.3) is 0 Å². The fourth-order valence-corrected chi connectivity index (χ4v) is 1.61. The van der Waals surface area contributed by atoms with Crippen molar-refractivity contribution in [3.05, 3.63) is 27.8 Å². The van der Waals surface area contributed by atoms with Gasteiger partial charge in [-0.2, -0.15) is 0 Å². The van der Waals surface area contributed by atoms with E-state index >= 15 is 0 Å². The van der Waals surface area contributed by atoms with E-state index in [0.717, 1.165) is 3.57 Å². The molecule has 2 unspecified atom stereocenters. The number of hydrogen-bond acceptors (Lipinski definition) is 2. The second-order valence-corrected chi connectivity index (χ2v) is 5.27. The first kappa shape index (κ1) is 14.7. The number of urea groups is 1. The molecule has 1 aromatic rings. The van der Waals surface area contributed by atoms with E-state index in [2.05, 4.69) is 33.2 Å². The van der Waals surface area contributed by atoms with Crippen molar-refractivity contribution in [1.82, 2.24) is 5.32 Å². The topological polar surface area (TPSA) is 78.4 Å². The summed E-state index contributed by atoms with van der Waals surface area (Å²) in [5.74, 6) is -1.57. The average molecular weight is 362 g/mol. The lowest BCUT2D eigenvalue weighted by Crippen LogP contribution is -2.42. The minimum atomic E-state index is -0.933. The molecule has 0 fully saturated rings. The zero-order valence-electron chi connectivity index (χ0n) is 10.1. The molecule has 0 radical (unpaired) electrons. The third-order valence-corrected chi connectivity index (χ3v) is 3.32. The summed E-state index contributed by atoms with van der Waals surface area (Å²) in [6.07, 6.45) is 0. The van der Waals surface area contributed by atoms with Gasteiger partial charge in [-0.3, -0.25) is 4.79 Å². The lowest BCUT2D eigenvalue weighted by molar-refractivity contribution is -0.141. The van der Waals surface area contributed by atoms with Crippen molar-refractivity contribution in [2.24, 2.45) is 5.92 Å². The molecular formula is C12H15IN2O3. The number of carbonyl (C=O) groups is 2. The van der Waals surface area contributed by atoms with Crippen molar-refractivity contribution in [3.63, 3.8) is 0 Å². The van der Waals surface area contributed by atoms with Crippen LogP contribution in [0.25, 0.3) is 0 Å². The minimum absolute atomic E-state index is 0.406. The first-order chi connectivity index (χ1) is 8.40. The lowest BCUT2D eigenvalue weighted by Gasteiger charge is -2.18. The van der Waals surface area contributed by atoms with Crippen molar-refractivity contribution in [2.45, 2.75) is 19.9 Å². The second-order valence-electron chi connectivity index (χ2n) is 4.02. The Morgan fingerprint density at radius 1 is 1.22 bits per heavy atom. The van der Waals surface area contributed by atoms with Crippen LogP contribution in [0.3, 0.4) is 0 Å². The molecule has 18 heavy (non-hydrogen) atoms. The second kappa shape index (κ2) is 6.58. The summed E-state index contributed by atoms with van der Waals surface area (Å²) in [6, 6.07) is 6.47. The summed E-state index contributed by atoms with van der Waals surface area (Å²) in [5, 5.41) is 14.1. The molecule has 0 saturated heterocycles. The number of anilines is 1. The number of nitrogens with one attached hydrogen (secondary N) is 2. The molecule has 0 bridgehead atoms. The van der Waals surface area contributed by atoms with Gasteiger partial charge in [-0.1, -0.05) is 0 Å². The van der Waals surface area contributed by atoms with Gasteiger partial charge >= 0.3 is 12.0 Å². The summed E-state index contributed by atoms with van der Waals surface area (Å²) >= 11 is 2.17. The molecule has 1 rings (SSSR count). The Morgan fingerprint density at radius 3 is 2.28 bits per heavy atom. The van der Waals surface area contributed by atoms with Crippen molar-refractivity contribution < 1.29 is 14.7 Å². The Morgan fingerprint density at radius 2 is 1.78 bits per heavy atom. The predicted octanol–water partition coefficient (Wildman–Crippen LogP) is 2.52. The molecule has 0 spiro atoms. The van der Waals surface area contributed by atoms with Crippen LogP contribution in [0.4, 0.5) is 10.5 Å². The van der Waals surface area contributed by atoms with E-state index in [9.17, 15) is 9.59 Å². The van der Waals surface area contributed by atoms with Gasteiger partial charge < -0.3 is 15.7 Å². The molecule has 0 aromatic heterocycles. The maximum Gasteiger partial charge on any atom is 0.319 e. The van der Waals surface area contributed by atoms with Crippen LogP contribution in [-0.4, -0.2) is 23.1 Å². The fraction of sp³-hybridized carbons (Fsp3) is 0.333. The van der Waals surface area contributed by atoms with Crippen molar-refractivity contribution in [1.29, 1.82) is 0 Å². The quantitative estimate of drug-likeness (QED) is 0.721. The summed E-state index contributed by atoms with van der Waals surface area (Å²) in [5.41, 5.74) is 0.670. The van der Waals surface area contributed by atoms with E-state index in [4.69, 9.17) is 5.11 Å². The Hall–Kier alpha value is -1.31. The molecule has 0 heterocycles. The molecular weight excluding hydrogens is 347 g/mol. The van der Waals surface area contributed by atoms with Gasteiger partial charge in [-0.15, -0.1) is 0 Å². The Labute approximate surface area is 119 Å². The molecule has 5 nitrogen and oxygen atoms in total. The number of carboxylic acid groups (broad SMARTS) is 1. The number of carboxylic acids is 1. The average Bonchev–Trinajstić information content (AvgIpc) is 2.30. The number of rotatable bonds is 4. The highest BCUT2D eigenvalue weighted by Gasteiger charge is 2.20. The number of amides is 2. The van der Waals surface area contributed by atoms with Gasteiger partial charge in [0.05, 0.1) is 5.92 Å². The van der Waals surface area contributed by atoms with Gasteiger partial charge in [0.1, 0.15) is 0 Å². The van der Waals surface area contributed by atoms with E-state index in [1.54, 1.807) is 26.0 Å². The smallest absolute Gasteiger partial charge is 0.319 e. The molecule has 0 aliphatic heterocycles. The molecule has 1 aromatic carbocycles. The maximum absolute atomic E-state index is 11.6. The van der Waals surface area contributed by atoms with Crippen molar-refractivity contribution in [2.75, 3.05) is 5.32 Å². The first-order valence-corrected chi connectivity index (χ1v) is 6.54. The molecule has 3 N–H and O–H groups in total. The van der Waals surface area contributed by atoms with E-state index < -0.39 is 24.0 Å². The monoisotopic (exact) mass is 362 g/mol. The highest BCUT2D eigenvalue weighted by molar-refractivity contribution is 14.1. The zero-order chi connectivity index (χ0) is 13.7. The number of hydrogen-bond donors (Lipinski definition) is 3. The zero-order valence-corrected chi connectivity index (χ0v) is 12.3. The van der Waals surface area contributed by atoms with E-state index in [1.807, 2.05) is 12.1 Å².